The van der Waals surface area contributed by atoms with E-state index < -0.39 is 12.0 Å². The van der Waals surface area contributed by atoms with Crippen molar-refractivity contribution in [1.29, 1.82) is 0 Å². The largest absolute Gasteiger partial charge is 0.462 e. The number of methoxy groups -OCH3 is 1. The van der Waals surface area contributed by atoms with Gasteiger partial charge in [0.2, 0.25) is 0 Å². The third kappa shape index (κ3) is 3.54. The molecule has 0 saturated carbocycles. The lowest BCUT2D eigenvalue weighted by Crippen LogP contribution is -2.30. The molecule has 0 aliphatic rings. The number of esters is 1. The quantitative estimate of drug-likeness (QED) is 0.356. The highest BCUT2D eigenvalue weighted by atomic mass is 32.1. The van der Waals surface area contributed by atoms with E-state index in [1.807, 2.05) is 47.8 Å². The van der Waals surface area contributed by atoms with Gasteiger partial charge in [-0.15, -0.1) is 11.3 Å². The molecule has 7 heteroatoms. The van der Waals surface area contributed by atoms with E-state index in [-0.39, 0.29) is 12.2 Å². The maximum atomic E-state index is 13.3. The van der Waals surface area contributed by atoms with Crippen molar-refractivity contribution in [1.82, 2.24) is 9.55 Å². The second-order valence-electron chi connectivity index (χ2n) is 6.65. The monoisotopic (exact) mass is 408 g/mol. The molecule has 29 heavy (non-hydrogen) atoms. The van der Waals surface area contributed by atoms with Gasteiger partial charge in [0.25, 0.3) is 5.56 Å². The van der Waals surface area contributed by atoms with Crippen LogP contribution in [0.1, 0.15) is 13.0 Å². The third-order valence-corrected chi connectivity index (χ3v) is 5.78. The van der Waals surface area contributed by atoms with Crippen molar-refractivity contribution in [2.45, 2.75) is 13.0 Å². The molecule has 0 radical (unpaired) electrons. The van der Waals surface area contributed by atoms with E-state index in [9.17, 15) is 9.59 Å². The van der Waals surface area contributed by atoms with Crippen LogP contribution in [-0.4, -0.2) is 35.8 Å². The minimum atomic E-state index is -0.781. The van der Waals surface area contributed by atoms with Gasteiger partial charge in [0, 0.05) is 18.1 Å². The van der Waals surface area contributed by atoms with Gasteiger partial charge in [-0.3, -0.25) is 9.36 Å². The number of hydrogen-bond donors (Lipinski definition) is 0. The summed E-state index contributed by atoms with van der Waals surface area (Å²) in [7, 11) is 1.53. The Morgan fingerprint density at radius 3 is 2.76 bits per heavy atom. The zero-order valence-electron chi connectivity index (χ0n) is 16.1. The summed E-state index contributed by atoms with van der Waals surface area (Å²) >= 11 is 1.42. The minimum absolute atomic E-state index is 0.143. The number of hydrogen-bond acceptors (Lipinski definition) is 6. The van der Waals surface area contributed by atoms with Crippen LogP contribution >= 0.6 is 11.3 Å². The van der Waals surface area contributed by atoms with Gasteiger partial charge in [0.1, 0.15) is 17.5 Å². The van der Waals surface area contributed by atoms with Crippen LogP contribution in [0, 0.1) is 0 Å². The molecule has 0 fully saturated rings. The van der Waals surface area contributed by atoms with Crippen molar-refractivity contribution in [3.8, 4) is 11.1 Å². The summed E-state index contributed by atoms with van der Waals surface area (Å²) in [6.45, 7) is 2.08. The van der Waals surface area contributed by atoms with E-state index in [0.717, 1.165) is 21.9 Å². The first kappa shape index (κ1) is 19.3. The van der Waals surface area contributed by atoms with Crippen molar-refractivity contribution >= 4 is 38.3 Å². The van der Waals surface area contributed by atoms with E-state index in [0.29, 0.717) is 16.8 Å². The van der Waals surface area contributed by atoms with Crippen molar-refractivity contribution in [2.75, 3.05) is 20.3 Å². The van der Waals surface area contributed by atoms with E-state index in [2.05, 4.69) is 4.98 Å². The maximum absolute atomic E-state index is 13.3. The molecule has 0 aliphatic carbocycles. The predicted molar refractivity (Wildman–Crippen MR) is 114 cm³/mol. The van der Waals surface area contributed by atoms with E-state index in [4.69, 9.17) is 9.47 Å². The molecule has 1 atom stereocenters. The molecule has 6 nitrogen and oxygen atoms in total. The second kappa shape index (κ2) is 8.14. The molecule has 2 aromatic carbocycles. The molecule has 1 unspecified atom stereocenters. The lowest BCUT2D eigenvalue weighted by Gasteiger charge is -2.14. The van der Waals surface area contributed by atoms with Crippen molar-refractivity contribution < 1.29 is 14.3 Å². The number of nitrogens with zero attached hydrogens (tertiary/aromatic N) is 2. The van der Waals surface area contributed by atoms with Gasteiger partial charge < -0.3 is 9.47 Å². The molecule has 0 N–H and O–H groups in total. The number of rotatable bonds is 6. The summed E-state index contributed by atoms with van der Waals surface area (Å²) in [5.74, 6) is -0.493. The zero-order valence-corrected chi connectivity index (χ0v) is 16.9. The van der Waals surface area contributed by atoms with E-state index >= 15 is 0 Å². The molecular weight excluding hydrogens is 388 g/mol. The van der Waals surface area contributed by atoms with Crippen LogP contribution in [0.4, 0.5) is 0 Å². The van der Waals surface area contributed by atoms with Crippen LogP contribution in [0.5, 0.6) is 0 Å². The lowest BCUT2D eigenvalue weighted by molar-refractivity contribution is -0.148. The first-order valence-electron chi connectivity index (χ1n) is 9.24. The topological polar surface area (TPSA) is 70.4 Å². The Labute approximate surface area is 171 Å². The fourth-order valence-corrected chi connectivity index (χ4v) is 4.24. The highest BCUT2D eigenvalue weighted by molar-refractivity contribution is 7.17. The third-order valence-electron chi connectivity index (χ3n) is 4.89. The lowest BCUT2D eigenvalue weighted by atomic mass is 9.99. The standard InChI is InChI=1S/C22H20N2O4S/c1-14(22(26)28-11-10-27-2)24-13-23-20-19(21(24)25)18(12-29-20)17-9-5-7-15-6-3-4-8-16(15)17/h3-9,12-14H,10-11H2,1-2H3. The molecule has 0 bridgehead atoms. The highest BCUT2D eigenvalue weighted by Gasteiger charge is 2.21. The Balaban J connectivity index is 1.81. The summed E-state index contributed by atoms with van der Waals surface area (Å²) in [5, 5.41) is 4.64. The molecule has 0 amide bonds. The number of carbonyl (C=O) groups excluding carboxylic acids is 1. The maximum Gasteiger partial charge on any atom is 0.329 e. The Hall–Kier alpha value is -3.03. The molecule has 2 aromatic heterocycles. The van der Waals surface area contributed by atoms with Crippen LogP contribution in [0.25, 0.3) is 32.1 Å². The summed E-state index contributed by atoms with van der Waals surface area (Å²) in [6, 6.07) is 13.3. The number of thiophene rings is 1. The molecule has 0 saturated heterocycles. The fourth-order valence-electron chi connectivity index (χ4n) is 3.34. The minimum Gasteiger partial charge on any atom is -0.462 e. The van der Waals surface area contributed by atoms with Gasteiger partial charge >= 0.3 is 5.97 Å². The van der Waals surface area contributed by atoms with Crippen molar-refractivity contribution in [2.24, 2.45) is 0 Å². The van der Waals surface area contributed by atoms with Gasteiger partial charge in [-0.1, -0.05) is 42.5 Å². The molecule has 0 spiro atoms. The second-order valence-corrected chi connectivity index (χ2v) is 7.51. The molecule has 2 heterocycles. The number of carbonyl (C=O) groups is 1. The molecule has 4 rings (SSSR count). The molecule has 4 aromatic rings. The van der Waals surface area contributed by atoms with Gasteiger partial charge in [-0.25, -0.2) is 9.78 Å². The van der Waals surface area contributed by atoms with Gasteiger partial charge in [0.05, 0.1) is 18.3 Å². The summed E-state index contributed by atoms with van der Waals surface area (Å²) < 4.78 is 11.4. The Kier molecular flexibility index (Phi) is 5.42. The average molecular weight is 408 g/mol. The summed E-state index contributed by atoms with van der Waals surface area (Å²) in [5.41, 5.74) is 1.55. The smallest absolute Gasteiger partial charge is 0.329 e. The zero-order chi connectivity index (χ0) is 20.4. The van der Waals surface area contributed by atoms with E-state index in [1.54, 1.807) is 6.92 Å². The summed E-state index contributed by atoms with van der Waals surface area (Å²) in [6.07, 6.45) is 1.41. The molecular formula is C22H20N2O4S. The van der Waals surface area contributed by atoms with E-state index in [1.165, 1.54) is 29.3 Å². The van der Waals surface area contributed by atoms with Crippen LogP contribution in [-0.2, 0) is 14.3 Å². The van der Waals surface area contributed by atoms with Crippen LogP contribution in [0.3, 0.4) is 0 Å². The van der Waals surface area contributed by atoms with Crippen LogP contribution in [0.2, 0.25) is 0 Å². The first-order chi connectivity index (χ1) is 14.1. The molecule has 0 aliphatic heterocycles. The van der Waals surface area contributed by atoms with Gasteiger partial charge in [-0.05, 0) is 23.3 Å². The fraction of sp³-hybridized carbons (Fsp3) is 0.227. The van der Waals surface area contributed by atoms with Gasteiger partial charge in [0.15, 0.2) is 0 Å². The first-order valence-corrected chi connectivity index (χ1v) is 10.1. The van der Waals surface area contributed by atoms with Gasteiger partial charge in [-0.2, -0.15) is 0 Å². The Bertz CT molecular complexity index is 1240. The average Bonchev–Trinajstić information content (AvgIpc) is 3.18. The summed E-state index contributed by atoms with van der Waals surface area (Å²) in [4.78, 5) is 30.7. The Morgan fingerprint density at radius 1 is 1.14 bits per heavy atom. The highest BCUT2D eigenvalue weighted by Crippen LogP contribution is 2.35. The number of benzene rings is 2. The Morgan fingerprint density at radius 2 is 1.93 bits per heavy atom. The van der Waals surface area contributed by atoms with Crippen molar-refractivity contribution in [3.05, 3.63) is 64.5 Å². The normalized spacial score (nSPS) is 12.3. The van der Waals surface area contributed by atoms with Crippen LogP contribution in [0.15, 0.2) is 59.0 Å². The van der Waals surface area contributed by atoms with Crippen LogP contribution < -0.4 is 5.56 Å². The SMILES string of the molecule is COCCOC(=O)C(C)n1cnc2scc(-c3cccc4ccccc34)c2c1=O. The molecule has 148 valence electrons. The number of aromatic nitrogens is 2. The predicted octanol–water partition coefficient (Wildman–Crippen LogP) is 4.03. The van der Waals surface area contributed by atoms with Crippen molar-refractivity contribution in [3.63, 3.8) is 0 Å². The number of ether oxygens (including phenoxy) is 2. The number of fused-ring (bicyclic) bond motifs is 2.